The molecule has 1 heterocycles. The van der Waals surface area contributed by atoms with Crippen molar-refractivity contribution in [3.8, 4) is 11.5 Å². The van der Waals surface area contributed by atoms with Crippen LogP contribution >= 0.6 is 0 Å². The Morgan fingerprint density at radius 1 is 1.29 bits per heavy atom. The number of methoxy groups -OCH3 is 1. The Labute approximate surface area is 126 Å². The highest BCUT2D eigenvalue weighted by Gasteiger charge is 2.29. The van der Waals surface area contributed by atoms with Gasteiger partial charge in [0.25, 0.3) is 0 Å². The summed E-state index contributed by atoms with van der Waals surface area (Å²) in [6.07, 6.45) is 1.37. The molecule has 2 rings (SSSR count). The van der Waals surface area contributed by atoms with E-state index in [9.17, 15) is 8.42 Å². The molecule has 2 N–H and O–H groups in total. The first-order valence-electron chi connectivity index (χ1n) is 7.21. The molecule has 118 valence electrons. The summed E-state index contributed by atoms with van der Waals surface area (Å²) < 4.78 is 33.9. The fraction of sp³-hybridized carbons (Fsp3) is 0.600. The quantitative estimate of drug-likeness (QED) is 0.860. The van der Waals surface area contributed by atoms with Crippen molar-refractivity contribution in [2.75, 3.05) is 31.8 Å². The zero-order chi connectivity index (χ0) is 15.3. The SMILES string of the molecule is COc1cccc(OCC(CN)C2CCS(=O)(=O)CC2)c1. The van der Waals surface area contributed by atoms with Crippen LogP contribution in [-0.2, 0) is 9.84 Å². The molecule has 5 nitrogen and oxygen atoms in total. The summed E-state index contributed by atoms with van der Waals surface area (Å²) >= 11 is 0. The van der Waals surface area contributed by atoms with E-state index >= 15 is 0 Å². The molecule has 1 aromatic rings. The van der Waals surface area contributed by atoms with Crippen molar-refractivity contribution in [2.24, 2.45) is 17.6 Å². The van der Waals surface area contributed by atoms with Gasteiger partial charge in [-0.25, -0.2) is 8.42 Å². The zero-order valence-electron chi connectivity index (χ0n) is 12.3. The summed E-state index contributed by atoms with van der Waals surface area (Å²) in [5.74, 6) is 2.55. The number of ether oxygens (including phenoxy) is 2. The van der Waals surface area contributed by atoms with Crippen molar-refractivity contribution in [3.63, 3.8) is 0 Å². The highest BCUT2D eigenvalue weighted by molar-refractivity contribution is 7.91. The standard InChI is InChI=1S/C15H23NO4S/c1-19-14-3-2-4-15(9-14)20-11-13(10-16)12-5-7-21(17,18)8-6-12/h2-4,9,12-13H,5-8,10-11,16H2,1H3. The van der Waals surface area contributed by atoms with Gasteiger partial charge in [-0.1, -0.05) is 6.07 Å². The number of sulfone groups is 1. The second kappa shape index (κ2) is 7.13. The average Bonchev–Trinajstić information content (AvgIpc) is 2.49. The predicted molar refractivity (Wildman–Crippen MR) is 82.4 cm³/mol. The van der Waals surface area contributed by atoms with Crippen LogP contribution in [0.1, 0.15) is 12.8 Å². The van der Waals surface area contributed by atoms with Crippen molar-refractivity contribution < 1.29 is 17.9 Å². The monoisotopic (exact) mass is 313 g/mol. The maximum absolute atomic E-state index is 11.5. The summed E-state index contributed by atoms with van der Waals surface area (Å²) in [7, 11) is -1.22. The Morgan fingerprint density at radius 2 is 1.95 bits per heavy atom. The third-order valence-electron chi connectivity index (χ3n) is 4.07. The summed E-state index contributed by atoms with van der Waals surface area (Å²) in [6, 6.07) is 7.44. The molecular formula is C15H23NO4S. The van der Waals surface area contributed by atoms with Gasteiger partial charge in [0, 0.05) is 12.0 Å². The maximum Gasteiger partial charge on any atom is 0.150 e. The van der Waals surface area contributed by atoms with Gasteiger partial charge >= 0.3 is 0 Å². The molecule has 0 amide bonds. The minimum absolute atomic E-state index is 0.187. The van der Waals surface area contributed by atoms with Crippen LogP contribution in [0.5, 0.6) is 11.5 Å². The molecule has 1 fully saturated rings. The summed E-state index contributed by atoms with van der Waals surface area (Å²) in [4.78, 5) is 0. The van der Waals surface area contributed by atoms with E-state index < -0.39 is 9.84 Å². The molecule has 0 aromatic heterocycles. The van der Waals surface area contributed by atoms with Gasteiger partial charge in [-0.05, 0) is 37.4 Å². The van der Waals surface area contributed by atoms with E-state index in [1.807, 2.05) is 24.3 Å². The number of benzene rings is 1. The van der Waals surface area contributed by atoms with Gasteiger partial charge < -0.3 is 15.2 Å². The summed E-state index contributed by atoms with van der Waals surface area (Å²) in [6.45, 7) is 1.02. The fourth-order valence-electron chi connectivity index (χ4n) is 2.67. The van der Waals surface area contributed by atoms with Crippen molar-refractivity contribution in [3.05, 3.63) is 24.3 Å². The highest BCUT2D eigenvalue weighted by Crippen LogP contribution is 2.27. The number of nitrogens with two attached hydrogens (primary N) is 1. The van der Waals surface area contributed by atoms with Gasteiger partial charge in [0.15, 0.2) is 0 Å². The zero-order valence-corrected chi connectivity index (χ0v) is 13.1. The van der Waals surface area contributed by atoms with Crippen molar-refractivity contribution in [1.29, 1.82) is 0 Å². The van der Waals surface area contributed by atoms with Gasteiger partial charge in [-0.15, -0.1) is 0 Å². The Bertz CT molecular complexity index is 545. The van der Waals surface area contributed by atoms with Gasteiger partial charge in [0.2, 0.25) is 0 Å². The predicted octanol–water partition coefficient (Wildman–Crippen LogP) is 1.47. The lowest BCUT2D eigenvalue weighted by molar-refractivity contribution is 0.189. The molecule has 6 heteroatoms. The number of hydrogen-bond donors (Lipinski definition) is 1. The first-order valence-corrected chi connectivity index (χ1v) is 9.03. The van der Waals surface area contributed by atoms with Gasteiger partial charge in [0.05, 0.1) is 25.2 Å². The lowest BCUT2D eigenvalue weighted by Crippen LogP contribution is -2.35. The smallest absolute Gasteiger partial charge is 0.150 e. The fourth-order valence-corrected chi connectivity index (χ4v) is 4.20. The van der Waals surface area contributed by atoms with Crippen LogP contribution in [0.3, 0.4) is 0 Å². The summed E-state index contributed by atoms with van der Waals surface area (Å²) in [5.41, 5.74) is 5.84. The topological polar surface area (TPSA) is 78.6 Å². The van der Waals surface area contributed by atoms with Crippen molar-refractivity contribution in [2.45, 2.75) is 12.8 Å². The van der Waals surface area contributed by atoms with Crippen LogP contribution in [0.25, 0.3) is 0 Å². The highest BCUT2D eigenvalue weighted by atomic mass is 32.2. The van der Waals surface area contributed by atoms with E-state index in [-0.39, 0.29) is 17.4 Å². The Hall–Kier alpha value is -1.27. The van der Waals surface area contributed by atoms with Crippen LogP contribution in [-0.4, -0.2) is 40.2 Å². The molecule has 1 unspecified atom stereocenters. The third kappa shape index (κ3) is 4.61. The molecule has 21 heavy (non-hydrogen) atoms. The van der Waals surface area contributed by atoms with Crippen LogP contribution in [0.2, 0.25) is 0 Å². The molecule has 0 saturated carbocycles. The minimum atomic E-state index is -2.83. The lowest BCUT2D eigenvalue weighted by atomic mass is 9.88. The second-order valence-corrected chi connectivity index (χ2v) is 7.78. The number of hydrogen-bond acceptors (Lipinski definition) is 5. The van der Waals surface area contributed by atoms with Gasteiger partial charge in [-0.3, -0.25) is 0 Å². The molecule has 1 aromatic carbocycles. The van der Waals surface area contributed by atoms with E-state index in [4.69, 9.17) is 15.2 Å². The van der Waals surface area contributed by atoms with Crippen LogP contribution in [0, 0.1) is 11.8 Å². The van der Waals surface area contributed by atoms with E-state index in [1.165, 1.54) is 0 Å². The summed E-state index contributed by atoms with van der Waals surface area (Å²) in [5, 5.41) is 0. The molecule has 1 atom stereocenters. The Balaban J connectivity index is 1.90. The Kier molecular flexibility index (Phi) is 5.47. The number of rotatable bonds is 6. The van der Waals surface area contributed by atoms with Crippen LogP contribution in [0.15, 0.2) is 24.3 Å². The molecule has 1 aliphatic heterocycles. The Morgan fingerprint density at radius 3 is 2.57 bits per heavy atom. The first-order chi connectivity index (χ1) is 10.0. The van der Waals surface area contributed by atoms with Gasteiger partial charge in [-0.2, -0.15) is 0 Å². The largest absolute Gasteiger partial charge is 0.497 e. The lowest BCUT2D eigenvalue weighted by Gasteiger charge is -2.29. The molecule has 1 saturated heterocycles. The molecule has 0 radical (unpaired) electrons. The normalized spacial score (nSPS) is 19.9. The molecular weight excluding hydrogens is 290 g/mol. The molecule has 1 aliphatic rings. The van der Waals surface area contributed by atoms with Crippen molar-refractivity contribution >= 4 is 9.84 Å². The molecule has 0 aliphatic carbocycles. The first kappa shape index (κ1) is 16.1. The van der Waals surface area contributed by atoms with Gasteiger partial charge in [0.1, 0.15) is 21.3 Å². The van der Waals surface area contributed by atoms with E-state index in [0.717, 1.165) is 11.5 Å². The minimum Gasteiger partial charge on any atom is -0.497 e. The van der Waals surface area contributed by atoms with E-state index in [2.05, 4.69) is 0 Å². The van der Waals surface area contributed by atoms with E-state index in [0.29, 0.717) is 31.9 Å². The molecule has 0 spiro atoms. The second-order valence-electron chi connectivity index (χ2n) is 5.48. The van der Waals surface area contributed by atoms with Crippen LogP contribution < -0.4 is 15.2 Å². The third-order valence-corrected chi connectivity index (χ3v) is 5.79. The van der Waals surface area contributed by atoms with Crippen molar-refractivity contribution in [1.82, 2.24) is 0 Å². The van der Waals surface area contributed by atoms with E-state index in [1.54, 1.807) is 7.11 Å². The van der Waals surface area contributed by atoms with Crippen LogP contribution in [0.4, 0.5) is 0 Å². The maximum atomic E-state index is 11.5. The average molecular weight is 313 g/mol. The molecule has 0 bridgehead atoms.